The Hall–Kier alpha value is -0.910. The van der Waals surface area contributed by atoms with E-state index in [4.69, 9.17) is 17.3 Å². The third kappa shape index (κ3) is 2.19. The molecule has 0 fully saturated rings. The van der Waals surface area contributed by atoms with Crippen molar-refractivity contribution in [3.05, 3.63) is 16.2 Å². The van der Waals surface area contributed by atoms with E-state index >= 15 is 0 Å². The SMILES string of the molecule is Cc1cc2c(NCCN)nc(Cl)nc2s1. The van der Waals surface area contributed by atoms with Gasteiger partial charge in [0, 0.05) is 18.0 Å². The molecule has 80 valence electrons. The van der Waals surface area contributed by atoms with Gasteiger partial charge in [0.05, 0.1) is 5.39 Å². The van der Waals surface area contributed by atoms with Crippen molar-refractivity contribution in [2.24, 2.45) is 5.73 Å². The molecule has 0 aliphatic carbocycles. The predicted molar refractivity (Wildman–Crippen MR) is 64.7 cm³/mol. The summed E-state index contributed by atoms with van der Waals surface area (Å²) < 4.78 is 0. The predicted octanol–water partition coefficient (Wildman–Crippen LogP) is 2.02. The minimum Gasteiger partial charge on any atom is -0.368 e. The lowest BCUT2D eigenvalue weighted by Gasteiger charge is -2.04. The average Bonchev–Trinajstić information content (AvgIpc) is 2.54. The summed E-state index contributed by atoms with van der Waals surface area (Å²) in [6.07, 6.45) is 0. The van der Waals surface area contributed by atoms with Gasteiger partial charge in [-0.2, -0.15) is 0 Å². The molecule has 2 heterocycles. The third-order valence-electron chi connectivity index (χ3n) is 1.93. The number of fused-ring (bicyclic) bond motifs is 1. The molecule has 6 heteroatoms. The molecule has 2 aromatic rings. The number of hydrogen-bond donors (Lipinski definition) is 2. The number of halogens is 1. The van der Waals surface area contributed by atoms with E-state index in [0.29, 0.717) is 13.1 Å². The summed E-state index contributed by atoms with van der Waals surface area (Å²) in [7, 11) is 0. The van der Waals surface area contributed by atoms with Gasteiger partial charge in [0.1, 0.15) is 10.6 Å². The normalized spacial score (nSPS) is 10.9. The Morgan fingerprint density at radius 1 is 1.53 bits per heavy atom. The number of hydrogen-bond acceptors (Lipinski definition) is 5. The number of anilines is 1. The maximum Gasteiger partial charge on any atom is 0.225 e. The van der Waals surface area contributed by atoms with E-state index in [1.54, 1.807) is 11.3 Å². The van der Waals surface area contributed by atoms with Gasteiger partial charge in [-0.15, -0.1) is 11.3 Å². The number of nitrogens with two attached hydrogens (primary N) is 1. The van der Waals surface area contributed by atoms with Crippen LogP contribution in [-0.4, -0.2) is 23.1 Å². The third-order valence-corrected chi connectivity index (χ3v) is 3.04. The summed E-state index contributed by atoms with van der Waals surface area (Å²) in [6.45, 7) is 3.27. The molecule has 0 aliphatic rings. The van der Waals surface area contributed by atoms with Crippen LogP contribution in [0.1, 0.15) is 4.88 Å². The van der Waals surface area contributed by atoms with Crippen LogP contribution in [0.5, 0.6) is 0 Å². The lowest BCUT2D eigenvalue weighted by molar-refractivity contribution is 1.01. The Morgan fingerprint density at radius 3 is 3.07 bits per heavy atom. The molecule has 0 spiro atoms. The zero-order chi connectivity index (χ0) is 10.8. The summed E-state index contributed by atoms with van der Waals surface area (Å²) in [5.74, 6) is 0.764. The number of rotatable bonds is 3. The molecule has 0 saturated carbocycles. The lowest BCUT2D eigenvalue weighted by Crippen LogP contribution is -2.14. The summed E-state index contributed by atoms with van der Waals surface area (Å²) in [4.78, 5) is 10.4. The average molecular weight is 243 g/mol. The number of nitrogens with one attached hydrogen (secondary N) is 1. The first-order valence-corrected chi connectivity index (χ1v) is 5.78. The van der Waals surface area contributed by atoms with Crippen LogP contribution in [0.3, 0.4) is 0 Å². The molecule has 0 amide bonds. The number of aryl methyl sites for hydroxylation is 1. The lowest BCUT2D eigenvalue weighted by atomic mass is 10.3. The number of aromatic nitrogens is 2. The zero-order valence-electron chi connectivity index (χ0n) is 8.25. The van der Waals surface area contributed by atoms with Gasteiger partial charge in [-0.05, 0) is 24.6 Å². The summed E-state index contributed by atoms with van der Waals surface area (Å²) in [5, 5.41) is 4.41. The van der Waals surface area contributed by atoms with Gasteiger partial charge in [0.2, 0.25) is 5.28 Å². The van der Waals surface area contributed by atoms with Crippen molar-refractivity contribution in [1.29, 1.82) is 0 Å². The molecule has 0 unspecified atom stereocenters. The van der Waals surface area contributed by atoms with Gasteiger partial charge >= 0.3 is 0 Å². The highest BCUT2D eigenvalue weighted by atomic mass is 35.5. The van der Waals surface area contributed by atoms with Crippen molar-refractivity contribution < 1.29 is 0 Å². The maximum absolute atomic E-state index is 5.83. The Bertz CT molecular complexity index is 482. The molecule has 0 bridgehead atoms. The van der Waals surface area contributed by atoms with Crippen LogP contribution in [0.25, 0.3) is 10.2 Å². The van der Waals surface area contributed by atoms with E-state index in [1.807, 2.05) is 6.92 Å². The van der Waals surface area contributed by atoms with Crippen molar-refractivity contribution in [2.75, 3.05) is 18.4 Å². The molecule has 2 rings (SSSR count). The van der Waals surface area contributed by atoms with Crippen molar-refractivity contribution in [3.8, 4) is 0 Å². The molecule has 0 aliphatic heterocycles. The fourth-order valence-corrected chi connectivity index (χ4v) is 2.44. The monoisotopic (exact) mass is 242 g/mol. The molecule has 0 radical (unpaired) electrons. The standard InChI is InChI=1S/C9H11ClN4S/c1-5-4-6-7(12-3-2-11)13-9(10)14-8(6)15-5/h4H,2-3,11H2,1H3,(H,12,13,14). The van der Waals surface area contributed by atoms with Gasteiger partial charge in [-0.25, -0.2) is 9.97 Å². The number of nitrogens with zero attached hydrogens (tertiary/aromatic N) is 2. The van der Waals surface area contributed by atoms with Crippen LogP contribution in [0.15, 0.2) is 6.07 Å². The molecule has 0 atom stereocenters. The van der Waals surface area contributed by atoms with E-state index in [-0.39, 0.29) is 5.28 Å². The first-order valence-electron chi connectivity index (χ1n) is 4.58. The highest BCUT2D eigenvalue weighted by Crippen LogP contribution is 2.29. The fraction of sp³-hybridized carbons (Fsp3) is 0.333. The molecular weight excluding hydrogens is 232 g/mol. The van der Waals surface area contributed by atoms with Gasteiger partial charge in [0.25, 0.3) is 0 Å². The zero-order valence-corrected chi connectivity index (χ0v) is 9.82. The van der Waals surface area contributed by atoms with Gasteiger partial charge in [0.15, 0.2) is 0 Å². The minimum absolute atomic E-state index is 0.267. The maximum atomic E-state index is 5.83. The second-order valence-corrected chi connectivity index (χ2v) is 4.71. The van der Waals surface area contributed by atoms with Crippen molar-refractivity contribution in [2.45, 2.75) is 6.92 Å². The largest absolute Gasteiger partial charge is 0.368 e. The Labute approximate surface area is 96.5 Å². The number of thiophene rings is 1. The Balaban J connectivity index is 2.50. The van der Waals surface area contributed by atoms with E-state index in [9.17, 15) is 0 Å². The molecule has 2 aromatic heterocycles. The molecule has 0 aromatic carbocycles. The topological polar surface area (TPSA) is 63.8 Å². The first kappa shape index (κ1) is 10.6. The van der Waals surface area contributed by atoms with Crippen molar-refractivity contribution >= 4 is 39.0 Å². The van der Waals surface area contributed by atoms with Crippen molar-refractivity contribution in [3.63, 3.8) is 0 Å². The Kier molecular flexibility index (Phi) is 3.04. The van der Waals surface area contributed by atoms with Gasteiger partial charge < -0.3 is 11.1 Å². The molecule has 15 heavy (non-hydrogen) atoms. The van der Waals surface area contributed by atoms with Gasteiger partial charge in [-0.3, -0.25) is 0 Å². The van der Waals surface area contributed by atoms with E-state index < -0.39 is 0 Å². The highest BCUT2D eigenvalue weighted by molar-refractivity contribution is 7.18. The van der Waals surface area contributed by atoms with Crippen LogP contribution >= 0.6 is 22.9 Å². The molecule has 3 N–H and O–H groups in total. The van der Waals surface area contributed by atoms with E-state index in [2.05, 4.69) is 21.4 Å². The van der Waals surface area contributed by atoms with Crippen LogP contribution < -0.4 is 11.1 Å². The summed E-state index contributed by atoms with van der Waals surface area (Å²) in [6, 6.07) is 2.05. The van der Waals surface area contributed by atoms with Crippen molar-refractivity contribution in [1.82, 2.24) is 9.97 Å². The highest BCUT2D eigenvalue weighted by Gasteiger charge is 2.08. The fourth-order valence-electron chi connectivity index (χ4n) is 1.34. The smallest absolute Gasteiger partial charge is 0.225 e. The quantitative estimate of drug-likeness (QED) is 0.809. The summed E-state index contributed by atoms with van der Waals surface area (Å²) >= 11 is 7.43. The Morgan fingerprint density at radius 2 is 2.33 bits per heavy atom. The first-order chi connectivity index (χ1) is 7.20. The van der Waals surface area contributed by atoms with Crippen LogP contribution in [0, 0.1) is 6.92 Å². The van der Waals surface area contributed by atoms with E-state index in [1.165, 1.54) is 4.88 Å². The second-order valence-electron chi connectivity index (χ2n) is 3.13. The minimum atomic E-state index is 0.267. The molecule has 4 nitrogen and oxygen atoms in total. The van der Waals surface area contributed by atoms with Crippen LogP contribution in [0.2, 0.25) is 5.28 Å². The van der Waals surface area contributed by atoms with Crippen LogP contribution in [-0.2, 0) is 0 Å². The second kappa shape index (κ2) is 4.30. The van der Waals surface area contributed by atoms with E-state index in [0.717, 1.165) is 16.0 Å². The molecule has 0 saturated heterocycles. The van der Waals surface area contributed by atoms with Crippen LogP contribution in [0.4, 0.5) is 5.82 Å². The van der Waals surface area contributed by atoms with Gasteiger partial charge in [-0.1, -0.05) is 0 Å². The summed E-state index contributed by atoms with van der Waals surface area (Å²) in [5.41, 5.74) is 5.43. The molecular formula is C9H11ClN4S.